The van der Waals surface area contributed by atoms with Crippen LogP contribution in [0.3, 0.4) is 0 Å². The molecule has 1 heterocycles. The van der Waals surface area contributed by atoms with Crippen LogP contribution in [-0.4, -0.2) is 49.7 Å². The molecule has 0 aliphatic heterocycles. The molecule has 0 saturated carbocycles. The molecule has 6 nitrogen and oxygen atoms in total. The molecule has 0 unspecified atom stereocenters. The number of carboxylic acid groups (broad SMARTS) is 1. The number of halogens is 3. The number of methoxy groups -OCH3 is 2. The maximum atomic E-state index is 12.0. The number of aryl methyl sites for hydroxylation is 2. The molecule has 1 amide bonds. The first kappa shape index (κ1) is 31.1. The minimum Gasteiger partial charge on any atom is -1.00 e. The van der Waals surface area contributed by atoms with Gasteiger partial charge < -0.3 is 20.9 Å². The number of benzene rings is 1. The molecule has 0 fully saturated rings. The maximum Gasteiger partial charge on any atom is 1.00 e. The van der Waals surface area contributed by atoms with E-state index in [1.165, 1.54) is 19.2 Å². The van der Waals surface area contributed by atoms with E-state index in [-0.39, 0.29) is 92.0 Å². The number of anilines is 1. The summed E-state index contributed by atoms with van der Waals surface area (Å²) in [6.45, 7) is 6.48. The van der Waals surface area contributed by atoms with E-state index in [0.717, 1.165) is 16.1 Å². The molecule has 1 aromatic heterocycles. The number of ether oxygens (including phenoxy) is 2. The number of nitrogens with zero attached hydrogens (tertiary/aromatic N) is 1. The monoisotopic (exact) mass is 535 g/mol. The summed E-state index contributed by atoms with van der Waals surface area (Å²) in [6.07, 6.45) is 0. The standard InChI is InChI=1S/C12H18ClNO2S.C8H6Cl2O3.K.H/c1-8-7-17-10(3)12(8)14(11(15)5-13)9(2)6-16-4;1-13-7-5(10)3-2-4(9)6(7)8(11)12;;/h7,9H,5-6H2,1-4H3;2-3H,1H3,(H,11,12);;/q;;+1;-1/t9-;;;/m0.../s1. The van der Waals surface area contributed by atoms with Gasteiger partial charge >= 0.3 is 57.4 Å². The molecular weight excluding hydrogens is 512 g/mol. The molecule has 1 aromatic carbocycles. The Balaban J connectivity index is 0. The predicted molar refractivity (Wildman–Crippen MR) is 124 cm³/mol. The summed E-state index contributed by atoms with van der Waals surface area (Å²) in [7, 11) is 2.97. The number of hydrogen-bond acceptors (Lipinski definition) is 5. The first-order valence-electron chi connectivity index (χ1n) is 8.77. The molecule has 1 N–H and O–H groups in total. The van der Waals surface area contributed by atoms with Crippen LogP contribution in [0, 0.1) is 13.8 Å². The molecule has 2 aromatic rings. The molecule has 11 heteroatoms. The third kappa shape index (κ3) is 8.44. The minimum atomic E-state index is -1.16. The average Bonchev–Trinajstić information content (AvgIpc) is 3.02. The predicted octanol–water partition coefficient (Wildman–Crippen LogP) is 2.79. The zero-order valence-corrected chi connectivity index (χ0v) is 24.5. The Morgan fingerprint density at radius 2 is 1.81 bits per heavy atom. The third-order valence-electron chi connectivity index (χ3n) is 4.07. The number of thiophene rings is 1. The molecule has 31 heavy (non-hydrogen) atoms. The molecule has 0 aliphatic rings. The van der Waals surface area contributed by atoms with Gasteiger partial charge in [0.05, 0.1) is 35.5 Å². The van der Waals surface area contributed by atoms with Gasteiger partial charge in [-0.05, 0) is 43.8 Å². The van der Waals surface area contributed by atoms with E-state index < -0.39 is 5.97 Å². The number of hydrogen-bond donors (Lipinski definition) is 1. The topological polar surface area (TPSA) is 76.1 Å². The van der Waals surface area contributed by atoms with Crippen molar-refractivity contribution in [3.05, 3.63) is 43.6 Å². The van der Waals surface area contributed by atoms with Gasteiger partial charge in [0, 0.05) is 12.0 Å². The fourth-order valence-electron chi connectivity index (χ4n) is 2.83. The van der Waals surface area contributed by atoms with Crippen LogP contribution in [-0.2, 0) is 9.53 Å². The molecular formula is C20H25Cl3KNO5S. The molecule has 2 rings (SSSR count). The summed E-state index contributed by atoms with van der Waals surface area (Å²) >= 11 is 18.7. The first-order chi connectivity index (χ1) is 14.1. The number of amides is 1. The van der Waals surface area contributed by atoms with E-state index in [9.17, 15) is 9.59 Å². The number of rotatable bonds is 7. The summed E-state index contributed by atoms with van der Waals surface area (Å²) in [6, 6.07) is 2.88. The molecule has 0 radical (unpaired) electrons. The van der Waals surface area contributed by atoms with Gasteiger partial charge in [0.25, 0.3) is 0 Å². The fourth-order valence-corrected chi connectivity index (χ4v) is 4.26. The van der Waals surface area contributed by atoms with Crippen molar-refractivity contribution in [2.45, 2.75) is 26.8 Å². The molecule has 168 valence electrons. The van der Waals surface area contributed by atoms with Crippen LogP contribution in [0.25, 0.3) is 0 Å². The number of carboxylic acids is 1. The second-order valence-corrected chi connectivity index (χ2v) is 8.43. The summed E-state index contributed by atoms with van der Waals surface area (Å²) in [5.41, 5.74) is 1.97. The van der Waals surface area contributed by atoms with Crippen molar-refractivity contribution in [3.63, 3.8) is 0 Å². The van der Waals surface area contributed by atoms with E-state index in [4.69, 9.17) is 49.4 Å². The van der Waals surface area contributed by atoms with Gasteiger partial charge in [0.2, 0.25) is 5.91 Å². The summed E-state index contributed by atoms with van der Waals surface area (Å²) < 4.78 is 9.94. The smallest absolute Gasteiger partial charge is 1.00 e. The molecule has 0 spiro atoms. The van der Waals surface area contributed by atoms with Crippen LogP contribution in [0.5, 0.6) is 5.75 Å². The SMILES string of the molecule is COC[C@H](C)N(C(=O)CCl)c1c(C)csc1C.COc1c(Cl)ccc(Cl)c1C(=O)O.[H-].[K+]. The second kappa shape index (κ2) is 15.1. The van der Waals surface area contributed by atoms with Crippen molar-refractivity contribution < 1.29 is 77.0 Å². The summed E-state index contributed by atoms with van der Waals surface area (Å²) in [5.74, 6) is -1.17. The van der Waals surface area contributed by atoms with Gasteiger partial charge in [0.1, 0.15) is 11.4 Å². The average molecular weight is 537 g/mol. The Labute approximate surface area is 245 Å². The van der Waals surface area contributed by atoms with Crippen LogP contribution in [0.1, 0.15) is 29.1 Å². The summed E-state index contributed by atoms with van der Waals surface area (Å²) in [5, 5.41) is 11.2. The Kier molecular flexibility index (Phi) is 15.2. The maximum absolute atomic E-state index is 12.0. The van der Waals surface area contributed by atoms with Crippen molar-refractivity contribution in [1.82, 2.24) is 0 Å². The third-order valence-corrected chi connectivity index (χ3v) is 5.93. The van der Waals surface area contributed by atoms with Crippen molar-refractivity contribution in [3.8, 4) is 5.75 Å². The molecule has 1 atom stereocenters. The minimum absolute atomic E-state index is 0. The number of carbonyl (C=O) groups is 2. The fraction of sp³-hybridized carbons (Fsp3) is 0.400. The van der Waals surface area contributed by atoms with Gasteiger partial charge in [-0.25, -0.2) is 4.79 Å². The van der Waals surface area contributed by atoms with Gasteiger partial charge in [-0.2, -0.15) is 0 Å². The molecule has 0 bridgehead atoms. The zero-order valence-electron chi connectivity index (χ0n) is 19.3. The Morgan fingerprint density at radius 1 is 1.23 bits per heavy atom. The van der Waals surface area contributed by atoms with Crippen LogP contribution < -0.4 is 61.0 Å². The largest absolute Gasteiger partial charge is 1.00 e. The Morgan fingerprint density at radius 3 is 2.19 bits per heavy atom. The Hall–Kier alpha value is 0.126. The van der Waals surface area contributed by atoms with Crippen molar-refractivity contribution in [2.24, 2.45) is 0 Å². The van der Waals surface area contributed by atoms with E-state index >= 15 is 0 Å². The number of alkyl halides is 1. The van der Waals surface area contributed by atoms with E-state index in [1.54, 1.807) is 23.3 Å². The molecule has 0 saturated heterocycles. The van der Waals surface area contributed by atoms with Crippen molar-refractivity contribution >= 4 is 63.7 Å². The number of aromatic carboxylic acids is 1. The van der Waals surface area contributed by atoms with Crippen molar-refractivity contribution in [2.75, 3.05) is 31.6 Å². The Bertz CT molecular complexity index is 881. The zero-order chi connectivity index (χ0) is 23.0. The number of carbonyl (C=O) groups excluding carboxylic acids is 1. The van der Waals surface area contributed by atoms with Crippen LogP contribution >= 0.6 is 46.1 Å². The van der Waals surface area contributed by atoms with E-state index in [2.05, 4.69) is 5.38 Å². The second-order valence-electron chi connectivity index (χ2n) is 6.27. The van der Waals surface area contributed by atoms with Gasteiger partial charge in [-0.1, -0.05) is 23.2 Å². The van der Waals surface area contributed by atoms with Crippen LogP contribution in [0.15, 0.2) is 17.5 Å². The molecule has 0 aliphatic carbocycles. The van der Waals surface area contributed by atoms with Gasteiger partial charge in [-0.3, -0.25) is 4.79 Å². The van der Waals surface area contributed by atoms with Gasteiger partial charge in [-0.15, -0.1) is 22.9 Å². The van der Waals surface area contributed by atoms with Crippen LogP contribution in [0.4, 0.5) is 5.69 Å². The van der Waals surface area contributed by atoms with Crippen molar-refractivity contribution in [1.29, 1.82) is 0 Å². The first-order valence-corrected chi connectivity index (χ1v) is 10.9. The van der Waals surface area contributed by atoms with E-state index in [1.807, 2.05) is 20.8 Å². The normalized spacial score (nSPS) is 11.0. The van der Waals surface area contributed by atoms with Gasteiger partial charge in [0.15, 0.2) is 5.75 Å². The quantitative estimate of drug-likeness (QED) is 0.435. The van der Waals surface area contributed by atoms with Crippen LogP contribution in [0.2, 0.25) is 10.0 Å². The van der Waals surface area contributed by atoms with E-state index in [0.29, 0.717) is 6.61 Å². The summed E-state index contributed by atoms with van der Waals surface area (Å²) in [4.78, 5) is 25.6.